The van der Waals surface area contributed by atoms with Crippen LogP contribution in [0.2, 0.25) is 0 Å². The first-order valence-corrected chi connectivity index (χ1v) is 11.7. The summed E-state index contributed by atoms with van der Waals surface area (Å²) in [5.41, 5.74) is 7.90. The second-order valence-electron chi connectivity index (χ2n) is 8.87. The number of piperidine rings is 1. The molecular formula is C24H29N7O3. The first-order valence-electron chi connectivity index (χ1n) is 11.7. The maximum atomic E-state index is 13.7. The van der Waals surface area contributed by atoms with Crippen LogP contribution in [0.15, 0.2) is 38.0 Å². The van der Waals surface area contributed by atoms with Crippen molar-refractivity contribution in [1.82, 2.24) is 18.7 Å². The molecule has 178 valence electrons. The van der Waals surface area contributed by atoms with Crippen molar-refractivity contribution in [2.45, 2.75) is 51.7 Å². The Balaban J connectivity index is 1.63. The fourth-order valence-electron chi connectivity index (χ4n) is 4.75. The van der Waals surface area contributed by atoms with E-state index in [-0.39, 0.29) is 12.6 Å². The van der Waals surface area contributed by atoms with Gasteiger partial charge in [-0.25, -0.2) is 14.4 Å². The van der Waals surface area contributed by atoms with E-state index in [1.165, 1.54) is 9.13 Å². The Bertz CT molecular complexity index is 1410. The van der Waals surface area contributed by atoms with Crippen LogP contribution in [-0.2, 0) is 24.9 Å². The van der Waals surface area contributed by atoms with Crippen LogP contribution in [0.25, 0.3) is 11.2 Å². The second kappa shape index (κ2) is 8.99. The number of rotatable bonds is 4. The van der Waals surface area contributed by atoms with Gasteiger partial charge < -0.3 is 15.4 Å². The molecule has 0 spiro atoms. The molecule has 0 bridgehead atoms. The summed E-state index contributed by atoms with van der Waals surface area (Å²) in [4.78, 5) is 38.2. The monoisotopic (exact) mass is 463 g/mol. The van der Waals surface area contributed by atoms with Gasteiger partial charge in [0.1, 0.15) is 13.2 Å². The van der Waals surface area contributed by atoms with Gasteiger partial charge in [-0.05, 0) is 32.6 Å². The first kappa shape index (κ1) is 22.2. The topological polar surface area (TPSA) is 113 Å². The van der Waals surface area contributed by atoms with Crippen molar-refractivity contribution in [3.63, 3.8) is 0 Å². The lowest BCUT2D eigenvalue weighted by molar-refractivity contribution is 0.314. The third-order valence-corrected chi connectivity index (χ3v) is 6.52. The molecule has 0 saturated carbocycles. The average molecular weight is 464 g/mol. The Morgan fingerprint density at radius 2 is 2.06 bits per heavy atom. The van der Waals surface area contributed by atoms with Gasteiger partial charge in [0.25, 0.3) is 5.56 Å². The van der Waals surface area contributed by atoms with E-state index in [9.17, 15) is 9.59 Å². The molecule has 1 atom stereocenters. The van der Waals surface area contributed by atoms with Gasteiger partial charge in [0.05, 0.1) is 12.2 Å². The normalized spacial score (nSPS) is 20.0. The molecule has 1 aliphatic carbocycles. The number of allylic oxidation sites excluding steroid dienone is 2. The highest BCUT2D eigenvalue weighted by Gasteiger charge is 2.27. The Kier molecular flexibility index (Phi) is 5.87. The molecule has 3 aliphatic rings. The summed E-state index contributed by atoms with van der Waals surface area (Å²) in [6.07, 6.45) is 7.97. The van der Waals surface area contributed by atoms with E-state index in [2.05, 4.69) is 33.9 Å². The number of imidazole rings is 1. The first-order chi connectivity index (χ1) is 16.5. The minimum Gasteiger partial charge on any atom is -0.474 e. The molecule has 0 aromatic carbocycles. The smallest absolute Gasteiger partial charge is 0.332 e. The van der Waals surface area contributed by atoms with Gasteiger partial charge in [-0.3, -0.25) is 13.9 Å². The highest BCUT2D eigenvalue weighted by Crippen LogP contribution is 2.25. The molecule has 34 heavy (non-hydrogen) atoms. The standard InChI is InChI=1S/C24H29N7O3/c1-3-4-12-30-20-21(27-23(30)29-11-7-9-17(25)13-29)28(2)24(33)31(22(20)32)14-19-26-18-10-6-5-8-16(18)15-34-19/h8,10,17H,5-7,9,11-15,25H2,1-2H3. The Hall–Kier alpha value is -3.58. The van der Waals surface area contributed by atoms with Crippen LogP contribution in [0.5, 0.6) is 0 Å². The predicted molar refractivity (Wildman–Crippen MR) is 131 cm³/mol. The molecule has 1 fully saturated rings. The van der Waals surface area contributed by atoms with Gasteiger partial charge >= 0.3 is 5.69 Å². The zero-order chi connectivity index (χ0) is 23.8. The Labute approximate surface area is 197 Å². The highest BCUT2D eigenvalue weighted by atomic mass is 16.5. The molecule has 2 aromatic heterocycles. The lowest BCUT2D eigenvalue weighted by atomic mass is 10.0. The molecule has 5 rings (SSSR count). The molecule has 2 N–H and O–H groups in total. The number of aliphatic imine (C=N–C) groups is 1. The molecule has 0 radical (unpaired) electrons. The third kappa shape index (κ3) is 3.86. The van der Waals surface area contributed by atoms with Crippen LogP contribution in [-0.4, -0.2) is 50.3 Å². The molecule has 10 nitrogen and oxygen atoms in total. The van der Waals surface area contributed by atoms with E-state index in [1.807, 2.05) is 0 Å². The highest BCUT2D eigenvalue weighted by molar-refractivity contribution is 5.80. The van der Waals surface area contributed by atoms with E-state index < -0.39 is 11.2 Å². The van der Waals surface area contributed by atoms with E-state index in [1.54, 1.807) is 18.5 Å². The van der Waals surface area contributed by atoms with Crippen LogP contribution in [0.3, 0.4) is 0 Å². The van der Waals surface area contributed by atoms with E-state index in [0.717, 1.165) is 43.5 Å². The molecule has 10 heteroatoms. The number of nitrogens with two attached hydrogens (primary N) is 1. The summed E-state index contributed by atoms with van der Waals surface area (Å²) in [6.45, 7) is 3.83. The maximum absolute atomic E-state index is 13.7. The molecule has 0 amide bonds. The summed E-state index contributed by atoms with van der Waals surface area (Å²) >= 11 is 0. The van der Waals surface area contributed by atoms with Crippen LogP contribution in [0.4, 0.5) is 5.95 Å². The minimum absolute atomic E-state index is 0.0363. The summed E-state index contributed by atoms with van der Waals surface area (Å²) in [6, 6.07) is 0.0363. The fourth-order valence-corrected chi connectivity index (χ4v) is 4.75. The quantitative estimate of drug-likeness (QED) is 0.674. The minimum atomic E-state index is -0.462. The number of aromatic nitrogens is 4. The van der Waals surface area contributed by atoms with Crippen molar-refractivity contribution >= 4 is 23.0 Å². The number of anilines is 1. The van der Waals surface area contributed by atoms with Crippen LogP contribution < -0.4 is 21.9 Å². The van der Waals surface area contributed by atoms with Crippen molar-refractivity contribution < 1.29 is 4.74 Å². The Morgan fingerprint density at radius 3 is 2.85 bits per heavy atom. The number of aryl methyl sites for hydroxylation is 1. The van der Waals surface area contributed by atoms with Crippen LogP contribution in [0, 0.1) is 11.8 Å². The molecule has 2 aliphatic heterocycles. The number of fused-ring (bicyclic) bond motifs is 2. The molecule has 1 unspecified atom stereocenters. The van der Waals surface area contributed by atoms with Gasteiger partial charge in [-0.1, -0.05) is 18.1 Å². The van der Waals surface area contributed by atoms with Gasteiger partial charge in [0, 0.05) is 31.8 Å². The largest absolute Gasteiger partial charge is 0.474 e. The third-order valence-electron chi connectivity index (χ3n) is 6.52. The summed E-state index contributed by atoms with van der Waals surface area (Å²) in [7, 11) is 1.63. The van der Waals surface area contributed by atoms with Gasteiger partial charge in [0.2, 0.25) is 11.8 Å². The summed E-state index contributed by atoms with van der Waals surface area (Å²) in [5.74, 6) is 6.91. The predicted octanol–water partition coefficient (Wildman–Crippen LogP) is 0.880. The SMILES string of the molecule is CC#CCn1c(N2CCCC(N)C2)nc2c1c(=O)n(CC1=NC3=CCCC=C3CO1)c(=O)n2C. The maximum Gasteiger partial charge on any atom is 0.332 e. The van der Waals surface area contributed by atoms with Gasteiger partial charge in [-0.15, -0.1) is 5.92 Å². The van der Waals surface area contributed by atoms with Crippen molar-refractivity contribution in [3.8, 4) is 11.8 Å². The Morgan fingerprint density at radius 1 is 1.24 bits per heavy atom. The molecule has 2 aromatic rings. The second-order valence-corrected chi connectivity index (χ2v) is 8.87. The average Bonchev–Trinajstić information content (AvgIpc) is 3.23. The van der Waals surface area contributed by atoms with Crippen molar-refractivity contribution in [3.05, 3.63) is 44.3 Å². The van der Waals surface area contributed by atoms with Crippen molar-refractivity contribution in [2.75, 3.05) is 24.6 Å². The van der Waals surface area contributed by atoms with E-state index >= 15 is 0 Å². The number of hydrogen-bond acceptors (Lipinski definition) is 7. The number of hydrogen-bond donors (Lipinski definition) is 1. The lowest BCUT2D eigenvalue weighted by Crippen LogP contribution is -2.44. The molecule has 1 saturated heterocycles. The van der Waals surface area contributed by atoms with Crippen LogP contribution in [0.1, 0.15) is 32.6 Å². The van der Waals surface area contributed by atoms with E-state index in [4.69, 9.17) is 15.5 Å². The van der Waals surface area contributed by atoms with Gasteiger partial charge in [0.15, 0.2) is 11.2 Å². The zero-order valence-corrected chi connectivity index (χ0v) is 19.6. The number of ether oxygens (including phenoxy) is 1. The van der Waals surface area contributed by atoms with Crippen LogP contribution >= 0.6 is 0 Å². The summed E-state index contributed by atoms with van der Waals surface area (Å²) < 4.78 is 10.2. The fraction of sp³-hybridized carbons (Fsp3) is 0.500. The van der Waals surface area contributed by atoms with E-state index in [0.29, 0.717) is 42.7 Å². The lowest BCUT2D eigenvalue weighted by Gasteiger charge is -2.31. The summed E-state index contributed by atoms with van der Waals surface area (Å²) in [5, 5.41) is 0. The van der Waals surface area contributed by atoms with Crippen molar-refractivity contribution in [1.29, 1.82) is 0 Å². The molecular weight excluding hydrogens is 434 g/mol. The van der Waals surface area contributed by atoms with Gasteiger partial charge in [-0.2, -0.15) is 4.98 Å². The van der Waals surface area contributed by atoms with Crippen molar-refractivity contribution in [2.24, 2.45) is 17.8 Å². The molecule has 4 heterocycles. The number of nitrogens with zero attached hydrogens (tertiary/aromatic N) is 6. The zero-order valence-electron chi connectivity index (χ0n) is 19.6.